The lowest BCUT2D eigenvalue weighted by molar-refractivity contribution is -0.118. The van der Waals surface area contributed by atoms with Crippen LogP contribution in [0.4, 0.5) is 5.82 Å². The standard InChI is InChI=1S/C28H24N4O3S/c1-18(33)16-35-23-12-11-19(14-24(23)34-2)15-30-27-25-21(20-8-4-3-5-9-20)17-36-28(25)32-26(31-27)22-10-6-7-13-29-22/h3-14,17H,15-16H2,1-2H3,(H,30,31,32). The number of anilines is 1. The Balaban J connectivity index is 1.51. The van der Waals surface area contributed by atoms with Crippen LogP contribution >= 0.6 is 11.3 Å². The maximum atomic E-state index is 11.3. The Kier molecular flexibility index (Phi) is 6.86. The normalized spacial score (nSPS) is 10.8. The van der Waals surface area contributed by atoms with Gasteiger partial charge in [0.05, 0.1) is 12.5 Å². The zero-order valence-electron chi connectivity index (χ0n) is 19.9. The predicted molar refractivity (Wildman–Crippen MR) is 143 cm³/mol. The lowest BCUT2D eigenvalue weighted by Gasteiger charge is -2.13. The largest absolute Gasteiger partial charge is 0.493 e. The van der Waals surface area contributed by atoms with Gasteiger partial charge in [-0.2, -0.15) is 0 Å². The average molecular weight is 497 g/mol. The summed E-state index contributed by atoms with van der Waals surface area (Å²) in [4.78, 5) is 26.3. The molecule has 0 saturated carbocycles. The predicted octanol–water partition coefficient (Wildman–Crippen LogP) is 6.01. The molecule has 0 saturated heterocycles. The average Bonchev–Trinajstić information content (AvgIpc) is 3.36. The van der Waals surface area contributed by atoms with Gasteiger partial charge in [-0.25, -0.2) is 9.97 Å². The first-order valence-corrected chi connectivity index (χ1v) is 12.3. The first kappa shape index (κ1) is 23.4. The van der Waals surface area contributed by atoms with Gasteiger partial charge < -0.3 is 14.8 Å². The van der Waals surface area contributed by atoms with Crippen LogP contribution in [0.3, 0.4) is 0 Å². The molecule has 180 valence electrons. The van der Waals surface area contributed by atoms with Crippen molar-refractivity contribution in [1.29, 1.82) is 0 Å². The van der Waals surface area contributed by atoms with Crippen LogP contribution in [0, 0.1) is 0 Å². The number of fused-ring (bicyclic) bond motifs is 1. The summed E-state index contributed by atoms with van der Waals surface area (Å²) in [5.41, 5.74) is 3.88. The van der Waals surface area contributed by atoms with Gasteiger partial charge in [0, 0.05) is 23.7 Å². The van der Waals surface area contributed by atoms with Crippen LogP contribution in [0.15, 0.2) is 78.3 Å². The molecule has 0 bridgehead atoms. The monoisotopic (exact) mass is 496 g/mol. The molecule has 3 heterocycles. The number of methoxy groups -OCH3 is 1. The number of carbonyl (C=O) groups excluding carboxylic acids is 1. The van der Waals surface area contributed by atoms with Crippen LogP contribution in [0.25, 0.3) is 32.9 Å². The van der Waals surface area contributed by atoms with Crippen molar-refractivity contribution in [3.8, 4) is 34.1 Å². The summed E-state index contributed by atoms with van der Waals surface area (Å²) in [6.07, 6.45) is 1.74. The van der Waals surface area contributed by atoms with E-state index in [9.17, 15) is 4.79 Å². The number of nitrogens with one attached hydrogen (secondary N) is 1. The fraction of sp³-hybridized carbons (Fsp3) is 0.143. The van der Waals surface area contributed by atoms with Crippen LogP contribution in [0.2, 0.25) is 0 Å². The summed E-state index contributed by atoms with van der Waals surface area (Å²) >= 11 is 1.59. The smallest absolute Gasteiger partial charge is 0.181 e. The number of hydrogen-bond donors (Lipinski definition) is 1. The van der Waals surface area contributed by atoms with Crippen molar-refractivity contribution in [2.75, 3.05) is 19.0 Å². The number of thiophene rings is 1. The Morgan fingerprint density at radius 3 is 2.58 bits per heavy atom. The highest BCUT2D eigenvalue weighted by atomic mass is 32.1. The highest BCUT2D eigenvalue weighted by molar-refractivity contribution is 7.17. The Bertz CT molecular complexity index is 1500. The molecule has 0 aliphatic rings. The van der Waals surface area contributed by atoms with Gasteiger partial charge in [-0.1, -0.05) is 42.5 Å². The highest BCUT2D eigenvalue weighted by Gasteiger charge is 2.17. The molecular formula is C28H24N4O3S. The molecule has 2 aromatic carbocycles. The summed E-state index contributed by atoms with van der Waals surface area (Å²) in [6.45, 7) is 1.99. The van der Waals surface area contributed by atoms with Crippen LogP contribution in [-0.2, 0) is 11.3 Å². The second-order valence-corrected chi connectivity index (χ2v) is 8.99. The van der Waals surface area contributed by atoms with Gasteiger partial charge in [-0.05, 0) is 42.3 Å². The molecule has 1 N–H and O–H groups in total. The zero-order chi connectivity index (χ0) is 24.9. The topological polar surface area (TPSA) is 86.2 Å². The quantitative estimate of drug-likeness (QED) is 0.267. The van der Waals surface area contributed by atoms with Crippen LogP contribution in [-0.4, -0.2) is 34.5 Å². The van der Waals surface area contributed by atoms with Crippen molar-refractivity contribution < 1.29 is 14.3 Å². The number of ketones is 1. The highest BCUT2D eigenvalue weighted by Crippen LogP contribution is 2.38. The Hall–Kier alpha value is -4.30. The van der Waals surface area contributed by atoms with E-state index in [4.69, 9.17) is 19.4 Å². The van der Waals surface area contributed by atoms with Gasteiger partial charge in [0.2, 0.25) is 0 Å². The van der Waals surface area contributed by atoms with Crippen LogP contribution in [0.5, 0.6) is 11.5 Å². The lowest BCUT2D eigenvalue weighted by Crippen LogP contribution is -2.08. The van der Waals surface area contributed by atoms with E-state index in [-0.39, 0.29) is 12.4 Å². The molecule has 0 fully saturated rings. The van der Waals surface area contributed by atoms with E-state index in [2.05, 4.69) is 27.8 Å². The number of Topliss-reactive ketones (excluding diaryl/α,β-unsaturated/α-hetero) is 1. The fourth-order valence-electron chi connectivity index (χ4n) is 3.82. The van der Waals surface area contributed by atoms with E-state index in [1.165, 1.54) is 6.92 Å². The molecule has 0 aliphatic carbocycles. The molecule has 0 amide bonds. The first-order valence-electron chi connectivity index (χ1n) is 11.4. The third kappa shape index (κ3) is 5.04. The summed E-state index contributed by atoms with van der Waals surface area (Å²) in [6, 6.07) is 21.6. The molecule has 0 radical (unpaired) electrons. The summed E-state index contributed by atoms with van der Waals surface area (Å²) in [7, 11) is 1.58. The molecule has 5 aromatic rings. The summed E-state index contributed by atoms with van der Waals surface area (Å²) < 4.78 is 11.0. The van der Waals surface area contributed by atoms with Crippen LogP contribution < -0.4 is 14.8 Å². The number of ether oxygens (including phenoxy) is 2. The number of nitrogens with zero attached hydrogens (tertiary/aromatic N) is 3. The third-order valence-electron chi connectivity index (χ3n) is 5.53. The van der Waals surface area contributed by atoms with Crippen molar-refractivity contribution in [1.82, 2.24) is 15.0 Å². The van der Waals surface area contributed by atoms with Gasteiger partial charge in [0.25, 0.3) is 0 Å². The number of pyridine rings is 1. The number of hydrogen-bond acceptors (Lipinski definition) is 8. The van der Waals surface area contributed by atoms with Crippen molar-refractivity contribution >= 4 is 33.2 Å². The van der Waals surface area contributed by atoms with Gasteiger partial charge in [-0.3, -0.25) is 9.78 Å². The third-order valence-corrected chi connectivity index (χ3v) is 6.40. The fourth-order valence-corrected chi connectivity index (χ4v) is 4.76. The van der Waals surface area contributed by atoms with Crippen molar-refractivity contribution in [3.63, 3.8) is 0 Å². The van der Waals surface area contributed by atoms with E-state index >= 15 is 0 Å². The number of benzene rings is 2. The molecule has 36 heavy (non-hydrogen) atoms. The van der Waals surface area contributed by atoms with Gasteiger partial charge in [-0.15, -0.1) is 11.3 Å². The van der Waals surface area contributed by atoms with E-state index < -0.39 is 0 Å². The second kappa shape index (κ2) is 10.5. The van der Waals surface area contributed by atoms with Gasteiger partial charge in [0.15, 0.2) is 23.1 Å². The minimum Gasteiger partial charge on any atom is -0.493 e. The maximum Gasteiger partial charge on any atom is 0.181 e. The SMILES string of the molecule is COc1cc(CNc2nc(-c3ccccn3)nc3scc(-c4ccccc4)c23)ccc1OCC(C)=O. The molecule has 0 atom stereocenters. The maximum absolute atomic E-state index is 11.3. The molecule has 5 rings (SSSR count). The minimum atomic E-state index is -0.0516. The number of carbonyl (C=O) groups is 1. The zero-order valence-corrected chi connectivity index (χ0v) is 20.7. The minimum absolute atomic E-state index is 0.00356. The molecule has 0 unspecified atom stereocenters. The molecule has 7 nitrogen and oxygen atoms in total. The Morgan fingerprint density at radius 1 is 1.00 bits per heavy atom. The lowest BCUT2D eigenvalue weighted by atomic mass is 10.1. The van der Waals surface area contributed by atoms with E-state index in [1.54, 1.807) is 24.6 Å². The van der Waals surface area contributed by atoms with E-state index in [0.29, 0.717) is 29.6 Å². The van der Waals surface area contributed by atoms with E-state index in [0.717, 1.165) is 32.7 Å². The second-order valence-electron chi connectivity index (χ2n) is 8.14. The van der Waals surface area contributed by atoms with Crippen molar-refractivity contribution in [2.24, 2.45) is 0 Å². The number of rotatable bonds is 9. The summed E-state index contributed by atoms with van der Waals surface area (Å²) in [5, 5.41) is 6.60. The molecular weight excluding hydrogens is 472 g/mol. The Morgan fingerprint density at radius 2 is 1.83 bits per heavy atom. The molecule has 3 aromatic heterocycles. The molecule has 0 aliphatic heterocycles. The van der Waals surface area contributed by atoms with E-state index in [1.807, 2.05) is 54.6 Å². The molecule has 0 spiro atoms. The first-order chi connectivity index (χ1) is 17.6. The van der Waals surface area contributed by atoms with Crippen molar-refractivity contribution in [2.45, 2.75) is 13.5 Å². The summed E-state index contributed by atoms with van der Waals surface area (Å²) in [5.74, 6) is 2.35. The van der Waals surface area contributed by atoms with Crippen molar-refractivity contribution in [3.05, 3.63) is 83.9 Å². The molecule has 8 heteroatoms. The Labute approximate surface area is 212 Å². The van der Waals surface area contributed by atoms with Gasteiger partial charge >= 0.3 is 0 Å². The van der Waals surface area contributed by atoms with Gasteiger partial charge in [0.1, 0.15) is 22.9 Å². The number of aromatic nitrogens is 3. The van der Waals surface area contributed by atoms with Crippen LogP contribution in [0.1, 0.15) is 12.5 Å².